The third kappa shape index (κ3) is 6.43. The first-order chi connectivity index (χ1) is 17.7. The SMILES string of the molecule is Cc1cc(NC(=O)c2cnn3ccc(N)nc23)n(-c2cc(Cl)ccc2C)n1.Cc1ccc(Cl)cc1CN.Cl. The number of fused-ring (bicyclic) bond motifs is 1. The first-order valence-corrected chi connectivity index (χ1v) is 12.1. The van der Waals surface area contributed by atoms with Crippen molar-refractivity contribution in [2.45, 2.75) is 27.3 Å². The molecule has 0 atom stereocenters. The quantitative estimate of drug-likeness (QED) is 0.259. The van der Waals surface area contributed by atoms with E-state index in [1.165, 1.54) is 16.3 Å². The molecule has 0 aliphatic heterocycles. The molecule has 5 aromatic rings. The predicted molar refractivity (Wildman–Crippen MR) is 155 cm³/mol. The lowest BCUT2D eigenvalue weighted by Crippen LogP contribution is -2.15. The normalized spacial score (nSPS) is 10.5. The van der Waals surface area contributed by atoms with E-state index in [4.69, 9.17) is 34.7 Å². The van der Waals surface area contributed by atoms with Crippen molar-refractivity contribution in [2.75, 3.05) is 11.1 Å². The topological polar surface area (TPSA) is 129 Å². The number of halogens is 3. The van der Waals surface area contributed by atoms with Crippen molar-refractivity contribution in [1.82, 2.24) is 24.4 Å². The summed E-state index contributed by atoms with van der Waals surface area (Å²) in [5, 5.41) is 12.8. The number of rotatable bonds is 4. The lowest BCUT2D eigenvalue weighted by molar-refractivity contribution is 0.102. The van der Waals surface area contributed by atoms with Gasteiger partial charge in [-0.05, 0) is 67.8 Å². The average molecular weight is 574 g/mol. The van der Waals surface area contributed by atoms with Gasteiger partial charge in [-0.15, -0.1) is 12.4 Å². The highest BCUT2D eigenvalue weighted by Crippen LogP contribution is 2.24. The Morgan fingerprint density at radius 2 is 1.68 bits per heavy atom. The van der Waals surface area contributed by atoms with Crippen LogP contribution in [-0.4, -0.2) is 30.3 Å². The number of anilines is 2. The number of nitrogen functional groups attached to an aromatic ring is 1. The maximum atomic E-state index is 12.8. The van der Waals surface area contributed by atoms with E-state index in [9.17, 15) is 4.79 Å². The molecule has 5 N–H and O–H groups in total. The molecule has 12 heteroatoms. The molecule has 0 bridgehead atoms. The van der Waals surface area contributed by atoms with E-state index in [-0.39, 0.29) is 18.3 Å². The summed E-state index contributed by atoms with van der Waals surface area (Å²) in [5.74, 6) is 0.475. The molecular formula is C26H27Cl3N8O. The Bertz CT molecular complexity index is 1600. The van der Waals surface area contributed by atoms with E-state index in [0.29, 0.717) is 34.4 Å². The van der Waals surface area contributed by atoms with E-state index < -0.39 is 0 Å². The highest BCUT2D eigenvalue weighted by molar-refractivity contribution is 6.31. The van der Waals surface area contributed by atoms with Crippen LogP contribution in [0, 0.1) is 20.8 Å². The second kappa shape index (κ2) is 12.3. The largest absolute Gasteiger partial charge is 0.384 e. The summed E-state index contributed by atoms with van der Waals surface area (Å²) in [7, 11) is 0. The van der Waals surface area contributed by atoms with Gasteiger partial charge in [0.1, 0.15) is 17.2 Å². The summed E-state index contributed by atoms with van der Waals surface area (Å²) in [6.07, 6.45) is 3.10. The van der Waals surface area contributed by atoms with Gasteiger partial charge >= 0.3 is 0 Å². The van der Waals surface area contributed by atoms with Crippen molar-refractivity contribution in [2.24, 2.45) is 5.73 Å². The second-order valence-electron chi connectivity index (χ2n) is 8.42. The maximum Gasteiger partial charge on any atom is 0.262 e. The summed E-state index contributed by atoms with van der Waals surface area (Å²) in [5.41, 5.74) is 16.7. The van der Waals surface area contributed by atoms with Crippen LogP contribution < -0.4 is 16.8 Å². The number of benzene rings is 2. The Kier molecular flexibility index (Phi) is 9.35. The number of aromatic nitrogens is 5. The molecule has 0 aliphatic rings. The minimum Gasteiger partial charge on any atom is -0.384 e. The van der Waals surface area contributed by atoms with Crippen LogP contribution in [0.15, 0.2) is 60.9 Å². The fraction of sp³-hybridized carbons (Fsp3) is 0.154. The molecule has 2 aromatic carbocycles. The van der Waals surface area contributed by atoms with Crippen LogP contribution in [0.5, 0.6) is 0 Å². The Labute approximate surface area is 236 Å². The van der Waals surface area contributed by atoms with E-state index in [2.05, 4.69) is 20.5 Å². The van der Waals surface area contributed by atoms with E-state index in [1.54, 1.807) is 29.1 Å². The van der Waals surface area contributed by atoms with Crippen LogP contribution in [-0.2, 0) is 6.54 Å². The Balaban J connectivity index is 0.000000308. The maximum absolute atomic E-state index is 12.8. The minimum absolute atomic E-state index is 0. The van der Waals surface area contributed by atoms with E-state index in [0.717, 1.165) is 27.5 Å². The number of aryl methyl sites for hydroxylation is 3. The lowest BCUT2D eigenvalue weighted by Gasteiger charge is -2.11. The molecule has 5 rings (SSSR count). The zero-order chi connectivity index (χ0) is 26.7. The fourth-order valence-electron chi connectivity index (χ4n) is 3.67. The first-order valence-electron chi connectivity index (χ1n) is 11.4. The molecule has 9 nitrogen and oxygen atoms in total. The molecular weight excluding hydrogens is 547 g/mol. The highest BCUT2D eigenvalue weighted by atomic mass is 35.5. The number of carbonyl (C=O) groups excluding carboxylic acids is 1. The number of carbonyl (C=O) groups is 1. The van der Waals surface area contributed by atoms with Crippen LogP contribution >= 0.6 is 35.6 Å². The van der Waals surface area contributed by atoms with Crippen molar-refractivity contribution < 1.29 is 4.79 Å². The smallest absolute Gasteiger partial charge is 0.262 e. The average Bonchev–Trinajstić information content (AvgIpc) is 3.45. The lowest BCUT2D eigenvalue weighted by atomic mass is 10.1. The van der Waals surface area contributed by atoms with Gasteiger partial charge in [0.05, 0.1) is 17.6 Å². The van der Waals surface area contributed by atoms with Crippen molar-refractivity contribution in [3.8, 4) is 5.69 Å². The fourth-order valence-corrected chi connectivity index (χ4v) is 4.03. The van der Waals surface area contributed by atoms with Crippen LogP contribution in [0.25, 0.3) is 11.3 Å². The van der Waals surface area contributed by atoms with Gasteiger partial charge in [-0.2, -0.15) is 10.2 Å². The zero-order valence-electron chi connectivity index (χ0n) is 20.9. The summed E-state index contributed by atoms with van der Waals surface area (Å²) in [6.45, 7) is 6.39. The van der Waals surface area contributed by atoms with Crippen molar-refractivity contribution >= 4 is 58.8 Å². The monoisotopic (exact) mass is 572 g/mol. The van der Waals surface area contributed by atoms with Crippen LogP contribution in [0.4, 0.5) is 11.6 Å². The number of nitrogens with two attached hydrogens (primary N) is 2. The van der Waals surface area contributed by atoms with Crippen molar-refractivity contribution in [3.05, 3.63) is 98.9 Å². The summed E-state index contributed by atoms with van der Waals surface area (Å²) >= 11 is 11.9. The van der Waals surface area contributed by atoms with Gasteiger partial charge in [0.25, 0.3) is 5.91 Å². The predicted octanol–water partition coefficient (Wildman–Crippen LogP) is 5.55. The van der Waals surface area contributed by atoms with E-state index in [1.807, 2.05) is 51.1 Å². The summed E-state index contributed by atoms with van der Waals surface area (Å²) in [6, 6.07) is 14.7. The summed E-state index contributed by atoms with van der Waals surface area (Å²) < 4.78 is 3.15. The number of amides is 1. The summed E-state index contributed by atoms with van der Waals surface area (Å²) in [4.78, 5) is 17.0. The molecule has 0 radical (unpaired) electrons. The zero-order valence-corrected chi connectivity index (χ0v) is 23.3. The van der Waals surface area contributed by atoms with Gasteiger partial charge in [0, 0.05) is 28.9 Å². The number of nitrogens with zero attached hydrogens (tertiary/aromatic N) is 5. The van der Waals surface area contributed by atoms with Crippen LogP contribution in [0.1, 0.15) is 32.7 Å². The molecule has 0 spiro atoms. The molecule has 0 unspecified atom stereocenters. The Morgan fingerprint density at radius 1 is 1.00 bits per heavy atom. The van der Waals surface area contributed by atoms with Crippen LogP contribution in [0.2, 0.25) is 10.0 Å². The van der Waals surface area contributed by atoms with Gasteiger partial charge in [-0.3, -0.25) is 4.79 Å². The van der Waals surface area contributed by atoms with Crippen LogP contribution in [0.3, 0.4) is 0 Å². The number of hydrogen-bond donors (Lipinski definition) is 3. The van der Waals surface area contributed by atoms with Gasteiger partial charge in [-0.25, -0.2) is 14.2 Å². The molecule has 3 aromatic heterocycles. The second-order valence-corrected chi connectivity index (χ2v) is 9.29. The first kappa shape index (κ1) is 28.9. The molecule has 1 amide bonds. The molecule has 0 saturated heterocycles. The van der Waals surface area contributed by atoms with Gasteiger partial charge < -0.3 is 16.8 Å². The Hall–Kier alpha value is -3.63. The van der Waals surface area contributed by atoms with Gasteiger partial charge in [0.15, 0.2) is 5.65 Å². The molecule has 198 valence electrons. The standard InChI is InChI=1S/C18H16ClN7O.C8H10ClN.ClH/c1-10-3-4-12(19)8-14(10)26-16(7-11(2)24-26)23-18(27)13-9-21-25-6-5-15(20)22-17(13)25;1-6-2-3-8(9)4-7(6)5-10;/h3-9H,1-2H3,(H2,20,22)(H,23,27);2-4H,5,10H2,1H3;1H. The Morgan fingerprint density at radius 3 is 2.37 bits per heavy atom. The minimum atomic E-state index is -0.357. The van der Waals surface area contributed by atoms with E-state index >= 15 is 0 Å². The molecule has 3 heterocycles. The third-order valence-electron chi connectivity index (χ3n) is 5.64. The van der Waals surface area contributed by atoms with Gasteiger partial charge in [0.2, 0.25) is 0 Å². The molecule has 0 aliphatic carbocycles. The number of nitrogens with one attached hydrogen (secondary N) is 1. The van der Waals surface area contributed by atoms with Crippen molar-refractivity contribution in [3.63, 3.8) is 0 Å². The van der Waals surface area contributed by atoms with Crippen molar-refractivity contribution in [1.29, 1.82) is 0 Å². The highest BCUT2D eigenvalue weighted by Gasteiger charge is 2.18. The molecule has 38 heavy (non-hydrogen) atoms. The third-order valence-corrected chi connectivity index (χ3v) is 6.11. The van der Waals surface area contributed by atoms with Gasteiger partial charge in [-0.1, -0.05) is 35.3 Å². The number of hydrogen-bond acceptors (Lipinski definition) is 6. The molecule has 0 saturated carbocycles. The molecule has 0 fully saturated rings.